The molecule has 0 saturated carbocycles. The second kappa shape index (κ2) is 8.36. The van der Waals surface area contributed by atoms with Crippen LogP contribution < -0.4 is 4.74 Å². The third-order valence-corrected chi connectivity index (χ3v) is 4.75. The number of halogens is 1. The molecule has 0 bridgehead atoms. The van der Waals surface area contributed by atoms with Gasteiger partial charge in [-0.3, -0.25) is 9.59 Å². The van der Waals surface area contributed by atoms with Gasteiger partial charge in [-0.25, -0.2) is 0 Å². The van der Waals surface area contributed by atoms with Crippen LogP contribution in [0.1, 0.15) is 24.0 Å². The molecule has 1 fully saturated rings. The smallest absolute Gasteiger partial charge is 0.309 e. The number of nitrogens with zero attached hydrogens (tertiary/aromatic N) is 1. The number of benzene rings is 2. The highest BCUT2D eigenvalue weighted by Gasteiger charge is 2.21. The van der Waals surface area contributed by atoms with Crippen molar-refractivity contribution in [3.8, 4) is 11.5 Å². The number of carbonyl (C=O) groups is 2. The van der Waals surface area contributed by atoms with E-state index in [1.54, 1.807) is 0 Å². The quantitative estimate of drug-likeness (QED) is 0.664. The van der Waals surface area contributed by atoms with Crippen molar-refractivity contribution in [2.45, 2.75) is 25.8 Å². The minimum absolute atomic E-state index is 0.177. The molecule has 0 N–H and O–H groups in total. The lowest BCUT2D eigenvalue weighted by Gasteiger charge is -2.19. The fourth-order valence-corrected chi connectivity index (χ4v) is 3.34. The standard InChI is InChI=1S/C20H20BrNO4/c1-25-20(24)11-14-4-2-5-17(10-14)26-18-8-7-16(21)12-15(18)13-22-9-3-6-19(22)23/h2,4-5,7-8,10,12H,3,6,9,11,13H2,1H3. The Morgan fingerprint density at radius 2 is 2.08 bits per heavy atom. The monoisotopic (exact) mass is 417 g/mol. The Bertz CT molecular complexity index is 821. The number of likely N-dealkylation sites (tertiary alicyclic amines) is 1. The average Bonchev–Trinajstić information content (AvgIpc) is 3.02. The first kappa shape index (κ1) is 18.5. The third-order valence-electron chi connectivity index (χ3n) is 4.26. The number of carbonyl (C=O) groups excluding carboxylic acids is 2. The molecule has 2 aromatic rings. The maximum absolute atomic E-state index is 11.9. The molecule has 1 aliphatic heterocycles. The Kier molecular flexibility index (Phi) is 5.93. The van der Waals surface area contributed by atoms with Crippen LogP contribution in [-0.2, 0) is 27.3 Å². The first-order valence-electron chi connectivity index (χ1n) is 8.45. The Morgan fingerprint density at radius 3 is 2.81 bits per heavy atom. The molecule has 5 nitrogen and oxygen atoms in total. The van der Waals surface area contributed by atoms with Gasteiger partial charge in [-0.05, 0) is 42.3 Å². The summed E-state index contributed by atoms with van der Waals surface area (Å²) in [4.78, 5) is 25.2. The molecule has 0 aromatic heterocycles. The molecule has 1 heterocycles. The first-order chi connectivity index (χ1) is 12.5. The van der Waals surface area contributed by atoms with Crippen LogP contribution in [0.25, 0.3) is 0 Å². The van der Waals surface area contributed by atoms with Crippen LogP contribution in [-0.4, -0.2) is 30.4 Å². The van der Waals surface area contributed by atoms with E-state index in [1.807, 2.05) is 47.4 Å². The minimum Gasteiger partial charge on any atom is -0.469 e. The average molecular weight is 418 g/mol. The second-order valence-electron chi connectivity index (χ2n) is 6.17. The topological polar surface area (TPSA) is 55.8 Å². The van der Waals surface area contributed by atoms with E-state index in [4.69, 9.17) is 9.47 Å². The van der Waals surface area contributed by atoms with Gasteiger partial charge >= 0.3 is 5.97 Å². The molecule has 0 aliphatic carbocycles. The third kappa shape index (κ3) is 4.64. The van der Waals surface area contributed by atoms with Crippen molar-refractivity contribution in [1.29, 1.82) is 0 Å². The summed E-state index contributed by atoms with van der Waals surface area (Å²) >= 11 is 3.48. The number of rotatable bonds is 6. The van der Waals surface area contributed by atoms with Gasteiger partial charge in [-0.15, -0.1) is 0 Å². The van der Waals surface area contributed by atoms with Gasteiger partial charge in [0.15, 0.2) is 0 Å². The van der Waals surface area contributed by atoms with Gasteiger partial charge in [-0.2, -0.15) is 0 Å². The molecule has 0 spiro atoms. The zero-order valence-corrected chi connectivity index (χ0v) is 16.1. The number of amides is 1. The highest BCUT2D eigenvalue weighted by Crippen LogP contribution is 2.30. The molecule has 3 rings (SSSR count). The molecule has 26 heavy (non-hydrogen) atoms. The molecule has 0 unspecified atom stereocenters. The van der Waals surface area contributed by atoms with Crippen LogP contribution in [0.2, 0.25) is 0 Å². The normalized spacial score (nSPS) is 13.8. The molecule has 0 atom stereocenters. The first-order valence-corrected chi connectivity index (χ1v) is 9.24. The maximum Gasteiger partial charge on any atom is 0.309 e. The van der Waals surface area contributed by atoms with Crippen molar-refractivity contribution >= 4 is 27.8 Å². The number of esters is 1. The number of hydrogen-bond acceptors (Lipinski definition) is 4. The fourth-order valence-electron chi connectivity index (χ4n) is 2.93. The lowest BCUT2D eigenvalue weighted by molar-refractivity contribution is -0.139. The lowest BCUT2D eigenvalue weighted by atomic mass is 10.1. The van der Waals surface area contributed by atoms with Crippen molar-refractivity contribution < 1.29 is 19.1 Å². The van der Waals surface area contributed by atoms with E-state index in [9.17, 15) is 9.59 Å². The van der Waals surface area contributed by atoms with Crippen LogP contribution in [0.3, 0.4) is 0 Å². The Hall–Kier alpha value is -2.34. The lowest BCUT2D eigenvalue weighted by Crippen LogP contribution is -2.24. The highest BCUT2D eigenvalue weighted by molar-refractivity contribution is 9.10. The van der Waals surface area contributed by atoms with Gasteiger partial charge in [0.2, 0.25) is 5.91 Å². The Balaban J connectivity index is 1.80. The van der Waals surface area contributed by atoms with E-state index in [0.717, 1.165) is 28.6 Å². The number of ether oxygens (including phenoxy) is 2. The van der Waals surface area contributed by atoms with Crippen LogP contribution in [0.5, 0.6) is 11.5 Å². The van der Waals surface area contributed by atoms with Crippen LogP contribution in [0.15, 0.2) is 46.9 Å². The van der Waals surface area contributed by atoms with Crippen LogP contribution >= 0.6 is 15.9 Å². The summed E-state index contributed by atoms with van der Waals surface area (Å²) in [6.45, 7) is 1.30. The molecule has 1 amide bonds. The summed E-state index contributed by atoms with van der Waals surface area (Å²) in [6, 6.07) is 13.1. The summed E-state index contributed by atoms with van der Waals surface area (Å²) in [7, 11) is 1.37. The minimum atomic E-state index is -0.293. The highest BCUT2D eigenvalue weighted by atomic mass is 79.9. The second-order valence-corrected chi connectivity index (χ2v) is 7.09. The molecule has 2 aromatic carbocycles. The Labute approximate surface area is 161 Å². The van der Waals surface area contributed by atoms with Gasteiger partial charge in [0.25, 0.3) is 0 Å². The van der Waals surface area contributed by atoms with E-state index in [2.05, 4.69) is 15.9 Å². The Morgan fingerprint density at radius 1 is 1.23 bits per heavy atom. The van der Waals surface area contributed by atoms with E-state index in [-0.39, 0.29) is 18.3 Å². The van der Waals surface area contributed by atoms with Gasteiger partial charge in [0.05, 0.1) is 13.5 Å². The van der Waals surface area contributed by atoms with E-state index in [1.165, 1.54) is 7.11 Å². The molecular weight excluding hydrogens is 398 g/mol. The fraction of sp³-hybridized carbons (Fsp3) is 0.300. The van der Waals surface area contributed by atoms with Gasteiger partial charge in [-0.1, -0.05) is 28.1 Å². The summed E-state index contributed by atoms with van der Waals surface area (Å²) < 4.78 is 11.7. The maximum atomic E-state index is 11.9. The largest absolute Gasteiger partial charge is 0.469 e. The summed E-state index contributed by atoms with van der Waals surface area (Å²) in [5.41, 5.74) is 1.76. The SMILES string of the molecule is COC(=O)Cc1cccc(Oc2ccc(Br)cc2CN2CCCC2=O)c1. The van der Waals surface area contributed by atoms with E-state index >= 15 is 0 Å². The molecule has 1 aliphatic rings. The van der Waals surface area contributed by atoms with Crippen molar-refractivity contribution in [1.82, 2.24) is 4.90 Å². The van der Waals surface area contributed by atoms with Crippen molar-refractivity contribution in [2.75, 3.05) is 13.7 Å². The van der Waals surface area contributed by atoms with Gasteiger partial charge in [0.1, 0.15) is 11.5 Å². The molecule has 0 radical (unpaired) electrons. The molecule has 1 saturated heterocycles. The van der Waals surface area contributed by atoms with Crippen molar-refractivity contribution in [2.24, 2.45) is 0 Å². The summed E-state index contributed by atoms with van der Waals surface area (Å²) in [5.74, 6) is 1.22. The summed E-state index contributed by atoms with van der Waals surface area (Å²) in [6.07, 6.45) is 1.71. The summed E-state index contributed by atoms with van der Waals surface area (Å²) in [5, 5.41) is 0. The molecule has 6 heteroatoms. The zero-order chi connectivity index (χ0) is 18.5. The van der Waals surface area contributed by atoms with Crippen LogP contribution in [0.4, 0.5) is 0 Å². The van der Waals surface area contributed by atoms with Gasteiger partial charge < -0.3 is 14.4 Å². The molecular formula is C20H20BrNO4. The predicted molar refractivity (Wildman–Crippen MR) is 101 cm³/mol. The van der Waals surface area contributed by atoms with Gasteiger partial charge in [0, 0.05) is 29.5 Å². The molecule has 136 valence electrons. The van der Waals surface area contributed by atoms with E-state index < -0.39 is 0 Å². The zero-order valence-electron chi connectivity index (χ0n) is 14.5. The predicted octanol–water partition coefficient (Wildman–Crippen LogP) is 4.08. The van der Waals surface area contributed by atoms with Crippen LogP contribution in [0, 0.1) is 0 Å². The van der Waals surface area contributed by atoms with Crippen molar-refractivity contribution in [3.63, 3.8) is 0 Å². The number of methoxy groups -OCH3 is 1. The number of hydrogen-bond donors (Lipinski definition) is 0. The van der Waals surface area contributed by atoms with Crippen molar-refractivity contribution in [3.05, 3.63) is 58.1 Å². The van der Waals surface area contributed by atoms with E-state index in [0.29, 0.717) is 24.5 Å².